The van der Waals surface area contributed by atoms with Crippen molar-refractivity contribution in [3.63, 3.8) is 0 Å². The van der Waals surface area contributed by atoms with Crippen molar-refractivity contribution in [2.75, 3.05) is 25.5 Å². The van der Waals surface area contributed by atoms with Gasteiger partial charge in [-0.2, -0.15) is 5.10 Å². The van der Waals surface area contributed by atoms with Crippen LogP contribution in [-0.4, -0.2) is 47.0 Å². The van der Waals surface area contributed by atoms with E-state index in [9.17, 15) is 9.59 Å². The van der Waals surface area contributed by atoms with Crippen LogP contribution in [0.3, 0.4) is 0 Å². The first-order valence-corrected chi connectivity index (χ1v) is 12.0. The van der Waals surface area contributed by atoms with Gasteiger partial charge in [-0.25, -0.2) is 9.48 Å². The lowest BCUT2D eigenvalue weighted by molar-refractivity contribution is -0.160. The summed E-state index contributed by atoms with van der Waals surface area (Å²) >= 11 is 0. The number of nitrogen functional groups attached to an aromatic ring is 1. The molecule has 2 aromatic rings. The number of benzene rings is 1. The van der Waals surface area contributed by atoms with E-state index in [-0.39, 0.29) is 29.5 Å². The molecule has 1 aromatic carbocycles. The molecule has 1 heterocycles. The molecular formula is C25H32N4O4. The van der Waals surface area contributed by atoms with Gasteiger partial charge in [-0.05, 0) is 87.5 Å². The molecule has 0 aliphatic heterocycles. The molecule has 33 heavy (non-hydrogen) atoms. The molecule has 1 aromatic heterocycles. The number of nitrogens with zero attached hydrogens (tertiary/aromatic N) is 2. The second-order valence-electron chi connectivity index (χ2n) is 9.83. The van der Waals surface area contributed by atoms with E-state index < -0.39 is 5.97 Å². The monoisotopic (exact) mass is 452 g/mol. The van der Waals surface area contributed by atoms with Gasteiger partial charge in [-0.1, -0.05) is 0 Å². The Hall–Kier alpha value is -2.87. The molecule has 8 nitrogen and oxygen atoms in total. The first-order chi connectivity index (χ1) is 16.0. The molecule has 4 saturated carbocycles. The Kier molecular flexibility index (Phi) is 5.86. The van der Waals surface area contributed by atoms with Crippen molar-refractivity contribution in [3.8, 4) is 5.69 Å². The Morgan fingerprint density at radius 2 is 1.76 bits per heavy atom. The van der Waals surface area contributed by atoms with Gasteiger partial charge < -0.3 is 20.5 Å². The van der Waals surface area contributed by atoms with Gasteiger partial charge in [0.15, 0.2) is 0 Å². The standard InChI is InChI=1S/C25H32N4O4/c1-2-32-24(31)21-15-28-29(22(21)26)20-5-3-19(4-6-20)23(30)27-7-8-33-25-12-16-9-17(13-25)11-18(10-16)14-25/h3-6,15-18H,2,7-14,26H2,1H3,(H,27,30). The van der Waals surface area contributed by atoms with Crippen LogP contribution < -0.4 is 11.1 Å². The number of nitrogens with two attached hydrogens (primary N) is 1. The van der Waals surface area contributed by atoms with E-state index in [2.05, 4.69) is 10.4 Å². The number of aromatic nitrogens is 2. The number of ether oxygens (including phenoxy) is 2. The minimum atomic E-state index is -0.506. The van der Waals surface area contributed by atoms with Gasteiger partial charge in [0.25, 0.3) is 5.91 Å². The van der Waals surface area contributed by atoms with Crippen LogP contribution in [0.15, 0.2) is 30.5 Å². The van der Waals surface area contributed by atoms with Gasteiger partial charge in [0, 0.05) is 12.1 Å². The fraction of sp³-hybridized carbons (Fsp3) is 0.560. The fourth-order valence-electron chi connectivity index (χ4n) is 6.43. The third kappa shape index (κ3) is 4.36. The molecule has 4 bridgehead atoms. The van der Waals surface area contributed by atoms with Crippen LogP contribution in [0.25, 0.3) is 5.69 Å². The number of hydrogen-bond acceptors (Lipinski definition) is 6. The molecule has 4 aliphatic carbocycles. The van der Waals surface area contributed by atoms with Crippen molar-refractivity contribution >= 4 is 17.7 Å². The predicted molar refractivity (Wildman–Crippen MR) is 123 cm³/mol. The SMILES string of the molecule is CCOC(=O)c1cnn(-c2ccc(C(=O)NCCOC34CC5CC(CC(C5)C3)C4)cc2)c1N. The Bertz CT molecular complexity index is 994. The molecule has 1 amide bonds. The van der Waals surface area contributed by atoms with Gasteiger partial charge in [-0.3, -0.25) is 4.79 Å². The summed E-state index contributed by atoms with van der Waals surface area (Å²) in [5, 5.41) is 7.14. The largest absolute Gasteiger partial charge is 0.462 e. The maximum Gasteiger partial charge on any atom is 0.343 e. The normalized spacial score (nSPS) is 27.5. The average molecular weight is 453 g/mol. The molecule has 0 radical (unpaired) electrons. The lowest BCUT2D eigenvalue weighted by atomic mass is 9.54. The van der Waals surface area contributed by atoms with Crippen LogP contribution in [0.5, 0.6) is 0 Å². The van der Waals surface area contributed by atoms with Crippen molar-refractivity contribution in [1.82, 2.24) is 15.1 Å². The zero-order valence-electron chi connectivity index (χ0n) is 19.1. The number of esters is 1. The fourth-order valence-corrected chi connectivity index (χ4v) is 6.43. The summed E-state index contributed by atoms with van der Waals surface area (Å²) in [5.74, 6) is 2.10. The molecule has 0 spiro atoms. The van der Waals surface area contributed by atoms with Crippen LogP contribution in [0.1, 0.15) is 66.2 Å². The van der Waals surface area contributed by atoms with Crippen molar-refractivity contribution < 1.29 is 19.1 Å². The van der Waals surface area contributed by atoms with Crippen LogP contribution in [0.4, 0.5) is 5.82 Å². The number of hydrogen-bond donors (Lipinski definition) is 2. The number of anilines is 1. The molecule has 0 saturated heterocycles. The summed E-state index contributed by atoms with van der Waals surface area (Å²) in [6.07, 6.45) is 9.16. The minimum absolute atomic E-state index is 0.0627. The van der Waals surface area contributed by atoms with E-state index in [4.69, 9.17) is 15.2 Å². The van der Waals surface area contributed by atoms with E-state index in [1.807, 2.05) is 0 Å². The number of nitrogens with one attached hydrogen (secondary N) is 1. The molecule has 0 atom stereocenters. The highest BCUT2D eigenvalue weighted by Gasteiger charge is 2.51. The molecule has 0 unspecified atom stereocenters. The van der Waals surface area contributed by atoms with Crippen molar-refractivity contribution in [2.45, 2.75) is 51.0 Å². The number of carbonyl (C=O) groups is 2. The lowest BCUT2D eigenvalue weighted by Gasteiger charge is -2.56. The van der Waals surface area contributed by atoms with Crippen molar-refractivity contribution in [3.05, 3.63) is 41.6 Å². The molecule has 176 valence electrons. The Morgan fingerprint density at radius 3 is 2.36 bits per heavy atom. The molecule has 4 fully saturated rings. The van der Waals surface area contributed by atoms with Gasteiger partial charge in [0.05, 0.1) is 30.7 Å². The summed E-state index contributed by atoms with van der Waals surface area (Å²) in [5.41, 5.74) is 7.55. The van der Waals surface area contributed by atoms with Crippen LogP contribution in [0, 0.1) is 17.8 Å². The smallest absolute Gasteiger partial charge is 0.343 e. The highest BCUT2D eigenvalue weighted by molar-refractivity contribution is 5.95. The summed E-state index contributed by atoms with van der Waals surface area (Å²) in [4.78, 5) is 24.5. The summed E-state index contributed by atoms with van der Waals surface area (Å²) in [6, 6.07) is 6.93. The maximum absolute atomic E-state index is 12.6. The highest BCUT2D eigenvalue weighted by atomic mass is 16.5. The first kappa shape index (κ1) is 21.9. The molecule has 4 aliphatic rings. The van der Waals surface area contributed by atoms with Crippen molar-refractivity contribution in [2.24, 2.45) is 17.8 Å². The van der Waals surface area contributed by atoms with Gasteiger partial charge in [0.1, 0.15) is 11.4 Å². The minimum Gasteiger partial charge on any atom is -0.462 e. The molecule has 3 N–H and O–H groups in total. The van der Waals surface area contributed by atoms with Gasteiger partial charge in [-0.15, -0.1) is 0 Å². The zero-order chi connectivity index (χ0) is 23.0. The van der Waals surface area contributed by atoms with Crippen LogP contribution in [-0.2, 0) is 9.47 Å². The second-order valence-corrected chi connectivity index (χ2v) is 9.83. The number of carbonyl (C=O) groups excluding carboxylic acids is 2. The van der Waals surface area contributed by atoms with Crippen molar-refractivity contribution in [1.29, 1.82) is 0 Å². The summed E-state index contributed by atoms with van der Waals surface area (Å²) in [7, 11) is 0. The van der Waals surface area contributed by atoms with E-state index in [1.54, 1.807) is 31.2 Å². The Balaban J connectivity index is 1.14. The van der Waals surface area contributed by atoms with Gasteiger partial charge in [0.2, 0.25) is 0 Å². The highest BCUT2D eigenvalue weighted by Crippen LogP contribution is 2.57. The second kappa shape index (κ2) is 8.82. The third-order valence-electron chi connectivity index (χ3n) is 7.45. The number of rotatable bonds is 8. The van der Waals surface area contributed by atoms with E-state index in [1.165, 1.54) is 49.4 Å². The number of amides is 1. The Labute approximate surface area is 193 Å². The van der Waals surface area contributed by atoms with Gasteiger partial charge >= 0.3 is 5.97 Å². The first-order valence-electron chi connectivity index (χ1n) is 12.0. The summed E-state index contributed by atoms with van der Waals surface area (Å²) < 4.78 is 12.8. The van der Waals surface area contributed by atoms with Crippen LogP contribution >= 0.6 is 0 Å². The zero-order valence-corrected chi connectivity index (χ0v) is 19.1. The predicted octanol–water partition coefficient (Wildman–Crippen LogP) is 3.35. The lowest BCUT2D eigenvalue weighted by Crippen LogP contribution is -2.52. The molecule has 8 heteroatoms. The van der Waals surface area contributed by atoms with E-state index in [0.717, 1.165) is 17.8 Å². The Morgan fingerprint density at radius 1 is 1.12 bits per heavy atom. The third-order valence-corrected chi connectivity index (χ3v) is 7.45. The quantitative estimate of drug-likeness (QED) is 0.470. The van der Waals surface area contributed by atoms with E-state index in [0.29, 0.717) is 24.4 Å². The average Bonchev–Trinajstić information content (AvgIpc) is 3.17. The maximum atomic E-state index is 12.6. The van der Waals surface area contributed by atoms with E-state index >= 15 is 0 Å². The topological polar surface area (TPSA) is 108 Å². The summed E-state index contributed by atoms with van der Waals surface area (Å²) in [6.45, 7) is 3.05. The molecular weight excluding hydrogens is 420 g/mol. The van der Waals surface area contributed by atoms with Crippen LogP contribution in [0.2, 0.25) is 0 Å². The molecule has 6 rings (SSSR count).